The molecule has 3 aromatic rings. The molecule has 0 spiro atoms. The minimum Gasteiger partial charge on any atom is -0.353 e. The lowest BCUT2D eigenvalue weighted by Crippen LogP contribution is -2.43. The highest BCUT2D eigenvalue weighted by atomic mass is 19.1. The summed E-state index contributed by atoms with van der Waals surface area (Å²) < 4.78 is 45.1. The van der Waals surface area contributed by atoms with Gasteiger partial charge in [-0.2, -0.15) is 4.98 Å². The van der Waals surface area contributed by atoms with E-state index in [1.165, 1.54) is 12.1 Å². The Hall–Kier alpha value is -3.99. The molecule has 2 N–H and O–H groups in total. The van der Waals surface area contributed by atoms with Crippen LogP contribution in [0.4, 0.5) is 35.4 Å². The predicted octanol–water partition coefficient (Wildman–Crippen LogP) is 5.82. The molecule has 212 valence electrons. The van der Waals surface area contributed by atoms with Crippen LogP contribution in [-0.2, 0) is 6.54 Å². The summed E-state index contributed by atoms with van der Waals surface area (Å²) in [6.45, 7) is 8.28. The van der Waals surface area contributed by atoms with Crippen molar-refractivity contribution in [2.45, 2.75) is 40.7 Å². The van der Waals surface area contributed by atoms with Crippen molar-refractivity contribution >= 4 is 29.3 Å². The molecule has 11 heteroatoms. The Morgan fingerprint density at radius 2 is 1.77 bits per heavy atom. The molecule has 40 heavy (non-hydrogen) atoms. The molecular formula is C29H33F3N6O2. The van der Waals surface area contributed by atoms with Gasteiger partial charge in [0.05, 0.1) is 12.2 Å². The molecular weight excluding hydrogens is 521 g/mol. The number of para-hydroxylation sites is 1. The zero-order valence-corrected chi connectivity index (χ0v) is 23.5. The number of anilines is 3. The van der Waals surface area contributed by atoms with E-state index in [9.17, 15) is 18.4 Å². The molecule has 2 amide bonds. The maximum absolute atomic E-state index is 15.3. The summed E-state index contributed by atoms with van der Waals surface area (Å²) in [5, 5.41) is 5.70. The first-order valence-electron chi connectivity index (χ1n) is 12.9. The molecule has 0 atom stereocenters. The fourth-order valence-corrected chi connectivity index (χ4v) is 4.43. The molecule has 2 heterocycles. The summed E-state index contributed by atoms with van der Waals surface area (Å²) in [5.41, 5.74) is 0.375. The number of rotatable bonds is 8. The molecule has 0 aliphatic carbocycles. The summed E-state index contributed by atoms with van der Waals surface area (Å²) in [5.74, 6) is -2.71. The van der Waals surface area contributed by atoms with E-state index >= 15 is 4.39 Å². The molecule has 1 aliphatic heterocycles. The van der Waals surface area contributed by atoms with Crippen LogP contribution in [0.25, 0.3) is 11.3 Å². The van der Waals surface area contributed by atoms with Crippen LogP contribution in [0.3, 0.4) is 0 Å². The van der Waals surface area contributed by atoms with Crippen LogP contribution in [0, 0.1) is 29.8 Å². The molecule has 1 aliphatic rings. The van der Waals surface area contributed by atoms with E-state index < -0.39 is 29.2 Å². The van der Waals surface area contributed by atoms with Gasteiger partial charge in [-0.25, -0.2) is 27.8 Å². The number of ketones is 1. The predicted molar refractivity (Wildman–Crippen MR) is 148 cm³/mol. The molecule has 0 fully saturated rings. The van der Waals surface area contributed by atoms with E-state index in [1.54, 1.807) is 13.0 Å². The summed E-state index contributed by atoms with van der Waals surface area (Å²) in [6, 6.07) is 5.29. The monoisotopic (exact) mass is 554 g/mol. The van der Waals surface area contributed by atoms with E-state index in [2.05, 4.69) is 20.6 Å². The molecule has 0 saturated carbocycles. The molecule has 2 aromatic carbocycles. The lowest BCUT2D eigenvalue weighted by Gasteiger charge is -2.31. The highest BCUT2D eigenvalue weighted by Crippen LogP contribution is 2.40. The minimum absolute atomic E-state index is 0.0451. The first kappa shape index (κ1) is 29.0. The number of likely N-dealkylation sites (N-methyl/N-ethyl adjacent to an activating group) is 1. The minimum atomic E-state index is -0.956. The van der Waals surface area contributed by atoms with Crippen LogP contribution in [0.2, 0.25) is 0 Å². The third kappa shape index (κ3) is 6.09. The molecule has 4 rings (SSSR count). The number of hydrogen-bond donors (Lipinski definition) is 2. The number of nitrogens with one attached hydrogen (secondary N) is 2. The van der Waals surface area contributed by atoms with Crippen molar-refractivity contribution < 1.29 is 22.8 Å². The number of amides is 2. The first-order chi connectivity index (χ1) is 18.8. The standard InChI is InChI=1S/C29H33F3N6O2/c1-16-18(12-17(13-22(16)32)23(39)14-29(2,3)4)24-19-15-34-28(40)38(25-20(30)8-7-9-21(25)31)26(19)36-27(35-24)33-10-11-37(5)6/h7-9,12-13H,10-11,14-15H2,1-6H3,(H,34,40)(H,33,35,36). The highest BCUT2D eigenvalue weighted by molar-refractivity contribution is 6.02. The average molecular weight is 555 g/mol. The SMILES string of the molecule is Cc1c(F)cc(C(=O)CC(C)(C)C)cc1-c1nc(NCCN(C)C)nc2c1CNC(=O)N2c1c(F)cccc1F. The Morgan fingerprint density at radius 3 is 2.40 bits per heavy atom. The number of hydrogen-bond acceptors (Lipinski definition) is 6. The second-order valence-corrected chi connectivity index (χ2v) is 11.3. The summed E-state index contributed by atoms with van der Waals surface area (Å²) in [4.78, 5) is 37.9. The molecule has 1 aromatic heterocycles. The van der Waals surface area contributed by atoms with Crippen LogP contribution in [0.5, 0.6) is 0 Å². The number of nitrogens with zero attached hydrogens (tertiary/aromatic N) is 4. The van der Waals surface area contributed by atoms with Crippen LogP contribution in [0.15, 0.2) is 30.3 Å². The van der Waals surface area contributed by atoms with Gasteiger partial charge in [0.2, 0.25) is 5.95 Å². The van der Waals surface area contributed by atoms with Crippen molar-refractivity contribution in [2.24, 2.45) is 5.41 Å². The van der Waals surface area contributed by atoms with Gasteiger partial charge in [-0.15, -0.1) is 0 Å². The van der Waals surface area contributed by atoms with Crippen LogP contribution < -0.4 is 15.5 Å². The van der Waals surface area contributed by atoms with Gasteiger partial charge in [0.15, 0.2) is 11.6 Å². The topological polar surface area (TPSA) is 90.5 Å². The van der Waals surface area contributed by atoms with E-state index in [1.807, 2.05) is 39.8 Å². The number of Topliss-reactive ketones (excluding diaryl/α,β-unsaturated/α-hetero) is 1. The van der Waals surface area contributed by atoms with Crippen LogP contribution >= 0.6 is 0 Å². The third-order valence-electron chi connectivity index (χ3n) is 6.43. The molecule has 8 nitrogen and oxygen atoms in total. The highest BCUT2D eigenvalue weighted by Gasteiger charge is 2.34. The smallest absolute Gasteiger partial charge is 0.328 e. The Kier molecular flexibility index (Phi) is 8.15. The van der Waals surface area contributed by atoms with Gasteiger partial charge in [0.25, 0.3) is 0 Å². The third-order valence-corrected chi connectivity index (χ3v) is 6.43. The van der Waals surface area contributed by atoms with Gasteiger partial charge in [0, 0.05) is 36.2 Å². The van der Waals surface area contributed by atoms with E-state index in [0.717, 1.165) is 17.0 Å². The Labute approximate surface area is 231 Å². The zero-order valence-electron chi connectivity index (χ0n) is 23.5. The fraction of sp³-hybridized carbons (Fsp3) is 0.379. The van der Waals surface area contributed by atoms with Gasteiger partial charge in [-0.05, 0) is 56.3 Å². The van der Waals surface area contributed by atoms with E-state index in [0.29, 0.717) is 24.2 Å². The van der Waals surface area contributed by atoms with Gasteiger partial charge >= 0.3 is 6.03 Å². The lowest BCUT2D eigenvalue weighted by atomic mass is 9.86. The summed E-state index contributed by atoms with van der Waals surface area (Å²) >= 11 is 0. The second-order valence-electron chi connectivity index (χ2n) is 11.3. The normalized spacial score (nSPS) is 13.3. The fourth-order valence-electron chi connectivity index (χ4n) is 4.43. The lowest BCUT2D eigenvalue weighted by molar-refractivity contribution is 0.0939. The molecule has 0 unspecified atom stereocenters. The van der Waals surface area contributed by atoms with Gasteiger partial charge in [-0.1, -0.05) is 26.8 Å². The quantitative estimate of drug-likeness (QED) is 0.341. The van der Waals surface area contributed by atoms with E-state index in [4.69, 9.17) is 0 Å². The molecule has 0 radical (unpaired) electrons. The summed E-state index contributed by atoms with van der Waals surface area (Å²) in [7, 11) is 3.78. The van der Waals surface area contributed by atoms with Gasteiger partial charge in [-0.3, -0.25) is 4.79 Å². The van der Waals surface area contributed by atoms with Crippen molar-refractivity contribution in [3.8, 4) is 11.3 Å². The number of benzene rings is 2. The number of halogens is 3. The Balaban J connectivity index is 1.95. The maximum atomic E-state index is 15.3. The molecule has 0 bridgehead atoms. The van der Waals surface area contributed by atoms with Crippen molar-refractivity contribution in [3.63, 3.8) is 0 Å². The van der Waals surface area contributed by atoms with Crippen molar-refractivity contribution in [2.75, 3.05) is 37.4 Å². The summed E-state index contributed by atoms with van der Waals surface area (Å²) in [6.07, 6.45) is 0.199. The van der Waals surface area contributed by atoms with E-state index in [-0.39, 0.29) is 52.8 Å². The number of aromatic nitrogens is 2. The number of carbonyl (C=O) groups excluding carboxylic acids is 2. The average Bonchev–Trinajstić information content (AvgIpc) is 2.85. The number of carbonyl (C=O) groups is 2. The largest absolute Gasteiger partial charge is 0.353 e. The van der Waals surface area contributed by atoms with Gasteiger partial charge in [0.1, 0.15) is 23.1 Å². The van der Waals surface area contributed by atoms with Gasteiger partial charge < -0.3 is 15.5 Å². The maximum Gasteiger partial charge on any atom is 0.328 e. The zero-order chi connectivity index (χ0) is 29.4. The number of fused-ring (bicyclic) bond motifs is 1. The van der Waals surface area contributed by atoms with Crippen LogP contribution in [0.1, 0.15) is 48.7 Å². The number of urea groups is 1. The molecule has 0 saturated heterocycles. The Bertz CT molecular complexity index is 1450. The van der Waals surface area contributed by atoms with Crippen molar-refractivity contribution in [1.29, 1.82) is 0 Å². The van der Waals surface area contributed by atoms with Crippen molar-refractivity contribution in [1.82, 2.24) is 20.2 Å². The first-order valence-corrected chi connectivity index (χ1v) is 12.9. The van der Waals surface area contributed by atoms with Crippen LogP contribution in [-0.4, -0.2) is 53.9 Å². The second kappa shape index (κ2) is 11.2. The Morgan fingerprint density at radius 1 is 1.10 bits per heavy atom. The van der Waals surface area contributed by atoms with Crippen molar-refractivity contribution in [3.05, 3.63) is 64.5 Å².